The van der Waals surface area contributed by atoms with E-state index in [1.807, 2.05) is 30.1 Å². The van der Waals surface area contributed by atoms with Crippen LogP contribution >= 0.6 is 23.5 Å². The lowest BCUT2D eigenvalue weighted by atomic mass is 9.94. The number of methoxy groups -OCH3 is 1. The molecule has 0 spiro atoms. The maximum atomic E-state index is 13.7. The summed E-state index contributed by atoms with van der Waals surface area (Å²) >= 11 is 3.02. The summed E-state index contributed by atoms with van der Waals surface area (Å²) < 4.78 is 18.8. The van der Waals surface area contributed by atoms with Crippen LogP contribution in [0.5, 0.6) is 5.75 Å². The Labute approximate surface area is 195 Å². The second-order valence-electron chi connectivity index (χ2n) is 8.07. The number of anilines is 1. The fourth-order valence-corrected chi connectivity index (χ4v) is 6.72. The van der Waals surface area contributed by atoms with Crippen LogP contribution in [0.4, 0.5) is 15.8 Å². The summed E-state index contributed by atoms with van der Waals surface area (Å²) in [5.74, 6) is 0.500. The molecule has 1 saturated heterocycles. The summed E-state index contributed by atoms with van der Waals surface area (Å²) in [6.07, 6.45) is 5.42. The first-order valence-corrected chi connectivity index (χ1v) is 12.4. The Kier molecular flexibility index (Phi) is 5.90. The van der Waals surface area contributed by atoms with Crippen molar-refractivity contribution in [1.29, 1.82) is 0 Å². The maximum absolute atomic E-state index is 13.7. The number of thioether (sulfide) groups is 2. The number of hydrogen-bond donors (Lipinski definition) is 0. The first-order valence-electron chi connectivity index (χ1n) is 10.7. The predicted molar refractivity (Wildman–Crippen MR) is 129 cm³/mol. The average molecular weight is 470 g/mol. The van der Waals surface area contributed by atoms with Gasteiger partial charge in [-0.15, -0.1) is 0 Å². The van der Waals surface area contributed by atoms with Gasteiger partial charge in [0.15, 0.2) is 5.17 Å². The van der Waals surface area contributed by atoms with Crippen LogP contribution in [0, 0.1) is 5.82 Å². The van der Waals surface area contributed by atoms with Crippen LogP contribution in [-0.4, -0.2) is 36.2 Å². The number of amidine groups is 1. The molecule has 3 aliphatic rings. The van der Waals surface area contributed by atoms with Gasteiger partial charge in [-0.05, 0) is 61.0 Å². The van der Waals surface area contributed by atoms with E-state index in [0.29, 0.717) is 15.8 Å². The van der Waals surface area contributed by atoms with Crippen LogP contribution in [0.25, 0.3) is 0 Å². The third-order valence-electron chi connectivity index (χ3n) is 6.04. The van der Waals surface area contributed by atoms with Gasteiger partial charge in [0.05, 0.1) is 23.5 Å². The highest BCUT2D eigenvalue weighted by Crippen LogP contribution is 2.51. The van der Waals surface area contributed by atoms with E-state index in [4.69, 9.17) is 9.73 Å². The number of amides is 1. The molecular formula is C24H24FN3O2S2. The number of aliphatic imine (C=N–C) groups is 1. The summed E-state index contributed by atoms with van der Waals surface area (Å²) in [6.45, 7) is 0. The highest BCUT2D eigenvalue weighted by atomic mass is 32.2. The Morgan fingerprint density at radius 1 is 1.06 bits per heavy atom. The standard InChI is InChI=1S/C24H24FN3O2S2/c1-27-19-14-18(30-2)12-13-20(19)31-23(27)21-22(29)28(17-6-4-3-5-7-17)24(32-21)26-16-10-8-15(25)9-11-16/h8-14,17H,3-7H2,1-2H3/b23-21-,26-24?. The van der Waals surface area contributed by atoms with Crippen molar-refractivity contribution in [3.8, 4) is 5.75 Å². The largest absolute Gasteiger partial charge is 0.497 e. The lowest BCUT2D eigenvalue weighted by Gasteiger charge is -2.30. The Hall–Kier alpha value is -2.45. The van der Waals surface area contributed by atoms with Crippen molar-refractivity contribution in [3.05, 3.63) is 58.2 Å². The summed E-state index contributed by atoms with van der Waals surface area (Å²) in [6, 6.07) is 12.2. The summed E-state index contributed by atoms with van der Waals surface area (Å²) in [4.78, 5) is 24.2. The van der Waals surface area contributed by atoms with Gasteiger partial charge in [-0.2, -0.15) is 0 Å². The lowest BCUT2D eigenvalue weighted by molar-refractivity contribution is -0.124. The van der Waals surface area contributed by atoms with E-state index in [1.54, 1.807) is 31.0 Å². The molecule has 0 N–H and O–H groups in total. The number of carbonyl (C=O) groups is 1. The smallest absolute Gasteiger partial charge is 0.269 e. The second-order valence-corrected chi connectivity index (χ2v) is 10.1. The number of carbonyl (C=O) groups excluding carboxylic acids is 1. The van der Waals surface area contributed by atoms with Crippen molar-refractivity contribution < 1.29 is 13.9 Å². The highest BCUT2D eigenvalue weighted by Gasteiger charge is 2.42. The lowest BCUT2D eigenvalue weighted by Crippen LogP contribution is -2.40. The zero-order chi connectivity index (χ0) is 22.2. The zero-order valence-corrected chi connectivity index (χ0v) is 19.6. The van der Waals surface area contributed by atoms with Crippen LogP contribution in [0.1, 0.15) is 32.1 Å². The molecule has 1 aliphatic carbocycles. The molecule has 0 aromatic heterocycles. The van der Waals surface area contributed by atoms with Gasteiger partial charge in [0.2, 0.25) is 0 Å². The Morgan fingerprint density at radius 3 is 2.53 bits per heavy atom. The minimum atomic E-state index is -0.298. The number of rotatable bonds is 3. The van der Waals surface area contributed by atoms with E-state index in [1.165, 1.54) is 30.3 Å². The molecule has 0 bridgehead atoms. The van der Waals surface area contributed by atoms with Crippen molar-refractivity contribution in [1.82, 2.24) is 4.90 Å². The van der Waals surface area contributed by atoms with E-state index in [9.17, 15) is 9.18 Å². The SMILES string of the molecule is COc1ccc2c(c1)N(C)/C(=C1/SC(=Nc3ccc(F)cc3)N(C3CCCCC3)C1=O)S2. The van der Waals surface area contributed by atoms with Gasteiger partial charge in [-0.1, -0.05) is 31.0 Å². The number of benzene rings is 2. The van der Waals surface area contributed by atoms with E-state index >= 15 is 0 Å². The molecule has 8 heteroatoms. The molecule has 5 rings (SSSR count). The molecule has 2 aliphatic heterocycles. The summed E-state index contributed by atoms with van der Waals surface area (Å²) in [7, 11) is 3.63. The van der Waals surface area contributed by atoms with E-state index in [-0.39, 0.29) is 17.8 Å². The molecular weight excluding hydrogens is 445 g/mol. The third-order valence-corrected chi connectivity index (χ3v) is 8.44. The van der Waals surface area contributed by atoms with E-state index < -0.39 is 0 Å². The molecule has 0 unspecified atom stereocenters. The summed E-state index contributed by atoms with van der Waals surface area (Å²) in [5.41, 5.74) is 1.67. The Balaban J connectivity index is 1.54. The fourth-order valence-electron chi connectivity index (χ4n) is 4.33. The van der Waals surface area contributed by atoms with Crippen LogP contribution in [-0.2, 0) is 4.79 Å². The zero-order valence-electron chi connectivity index (χ0n) is 18.0. The predicted octanol–water partition coefficient (Wildman–Crippen LogP) is 6.14. The van der Waals surface area contributed by atoms with Gasteiger partial charge >= 0.3 is 0 Å². The fraction of sp³-hybridized carbons (Fsp3) is 0.333. The van der Waals surface area contributed by atoms with Crippen molar-refractivity contribution in [2.45, 2.75) is 43.0 Å². The first kappa shape index (κ1) is 21.4. The Morgan fingerprint density at radius 2 is 1.81 bits per heavy atom. The molecule has 2 heterocycles. The van der Waals surface area contributed by atoms with Gasteiger partial charge < -0.3 is 9.64 Å². The molecule has 2 aromatic carbocycles. The number of hydrogen-bond acceptors (Lipinski definition) is 6. The molecule has 1 amide bonds. The van der Waals surface area contributed by atoms with Crippen molar-refractivity contribution in [3.63, 3.8) is 0 Å². The minimum absolute atomic E-state index is 0.0110. The molecule has 2 aromatic rings. The number of halogens is 1. The van der Waals surface area contributed by atoms with Crippen LogP contribution in [0.15, 0.2) is 62.3 Å². The van der Waals surface area contributed by atoms with Crippen molar-refractivity contribution in [2.75, 3.05) is 19.1 Å². The van der Waals surface area contributed by atoms with Crippen LogP contribution in [0.2, 0.25) is 0 Å². The first-order chi connectivity index (χ1) is 15.5. The van der Waals surface area contributed by atoms with Gasteiger partial charge in [0.25, 0.3) is 5.91 Å². The van der Waals surface area contributed by atoms with E-state index in [2.05, 4.69) is 4.90 Å². The normalized spacial score (nSPS) is 22.7. The number of fused-ring (bicyclic) bond motifs is 1. The molecule has 0 atom stereocenters. The quantitative estimate of drug-likeness (QED) is 0.505. The van der Waals surface area contributed by atoms with Gasteiger partial charge in [0.1, 0.15) is 16.5 Å². The van der Waals surface area contributed by atoms with E-state index in [0.717, 1.165) is 47.0 Å². The third kappa shape index (κ3) is 3.90. The molecule has 166 valence electrons. The number of nitrogens with zero attached hydrogens (tertiary/aromatic N) is 3. The maximum Gasteiger partial charge on any atom is 0.269 e. The Bertz CT molecular complexity index is 1110. The van der Waals surface area contributed by atoms with Crippen molar-refractivity contribution >= 4 is 46.0 Å². The highest BCUT2D eigenvalue weighted by molar-refractivity contribution is 8.19. The molecule has 32 heavy (non-hydrogen) atoms. The molecule has 1 saturated carbocycles. The van der Waals surface area contributed by atoms with Crippen LogP contribution in [0.3, 0.4) is 0 Å². The van der Waals surface area contributed by atoms with Gasteiger partial charge in [-0.3, -0.25) is 9.69 Å². The topological polar surface area (TPSA) is 45.1 Å². The molecule has 2 fully saturated rings. The molecule has 0 radical (unpaired) electrons. The average Bonchev–Trinajstić information content (AvgIpc) is 3.31. The minimum Gasteiger partial charge on any atom is -0.497 e. The molecule has 5 nitrogen and oxygen atoms in total. The van der Waals surface area contributed by atoms with Crippen molar-refractivity contribution in [2.24, 2.45) is 4.99 Å². The second kappa shape index (κ2) is 8.83. The van der Waals surface area contributed by atoms with Crippen LogP contribution < -0.4 is 9.64 Å². The van der Waals surface area contributed by atoms with Gasteiger partial charge in [-0.25, -0.2) is 9.38 Å². The van der Waals surface area contributed by atoms with Gasteiger partial charge in [0, 0.05) is 24.1 Å². The monoisotopic (exact) mass is 469 g/mol. The summed E-state index contributed by atoms with van der Waals surface area (Å²) in [5, 5.41) is 1.59. The number of ether oxygens (including phenoxy) is 1.